The van der Waals surface area contributed by atoms with E-state index in [4.69, 9.17) is 4.42 Å². The van der Waals surface area contributed by atoms with E-state index in [1.54, 1.807) is 6.20 Å². The highest BCUT2D eigenvalue weighted by molar-refractivity contribution is 5.55. The number of oxazole rings is 1. The van der Waals surface area contributed by atoms with Gasteiger partial charge in [0.25, 0.3) is 0 Å². The molecule has 0 radical (unpaired) electrons. The van der Waals surface area contributed by atoms with Gasteiger partial charge < -0.3 is 9.52 Å². The molecule has 1 aromatic carbocycles. The van der Waals surface area contributed by atoms with Crippen molar-refractivity contribution in [3.63, 3.8) is 0 Å². The molecule has 2 heterocycles. The van der Waals surface area contributed by atoms with Crippen LogP contribution in [-0.2, 0) is 6.54 Å². The van der Waals surface area contributed by atoms with Gasteiger partial charge in [-0.1, -0.05) is 37.3 Å². The van der Waals surface area contributed by atoms with Crippen LogP contribution in [0.4, 0.5) is 0 Å². The van der Waals surface area contributed by atoms with Gasteiger partial charge in [-0.2, -0.15) is 0 Å². The summed E-state index contributed by atoms with van der Waals surface area (Å²) in [5.41, 5.74) is 1.06. The van der Waals surface area contributed by atoms with Crippen LogP contribution >= 0.6 is 0 Å². The molecule has 0 amide bonds. The van der Waals surface area contributed by atoms with E-state index in [1.807, 2.05) is 30.3 Å². The average molecular weight is 315 g/mol. The van der Waals surface area contributed by atoms with Gasteiger partial charge in [0.1, 0.15) is 0 Å². The SMILES string of the molecule is CCC(CO)N1CCN(Cc2ncc(-c3ccccc3)o2)CC1. The lowest BCUT2D eigenvalue weighted by Crippen LogP contribution is -2.50. The maximum absolute atomic E-state index is 9.41. The van der Waals surface area contributed by atoms with Crippen LogP contribution in [-0.4, -0.2) is 58.7 Å². The summed E-state index contributed by atoms with van der Waals surface area (Å²) in [4.78, 5) is 9.15. The molecule has 1 N–H and O–H groups in total. The number of hydrogen-bond acceptors (Lipinski definition) is 5. The summed E-state index contributed by atoms with van der Waals surface area (Å²) in [6, 6.07) is 10.4. The Hall–Kier alpha value is -1.69. The van der Waals surface area contributed by atoms with E-state index < -0.39 is 0 Å². The first-order valence-corrected chi connectivity index (χ1v) is 8.37. The van der Waals surface area contributed by atoms with Gasteiger partial charge in [0.15, 0.2) is 5.76 Å². The van der Waals surface area contributed by atoms with Crippen LogP contribution in [0.15, 0.2) is 40.9 Å². The van der Waals surface area contributed by atoms with Crippen LogP contribution in [0.1, 0.15) is 19.2 Å². The Kier molecular flexibility index (Phi) is 5.43. The van der Waals surface area contributed by atoms with E-state index in [1.165, 1.54) is 0 Å². The molecule has 0 bridgehead atoms. The predicted molar refractivity (Wildman–Crippen MR) is 90.0 cm³/mol. The van der Waals surface area contributed by atoms with Gasteiger partial charge in [-0.3, -0.25) is 9.80 Å². The van der Waals surface area contributed by atoms with Gasteiger partial charge in [-0.15, -0.1) is 0 Å². The zero-order chi connectivity index (χ0) is 16.1. The van der Waals surface area contributed by atoms with Gasteiger partial charge in [-0.25, -0.2) is 4.98 Å². The second kappa shape index (κ2) is 7.73. The summed E-state index contributed by atoms with van der Waals surface area (Å²) in [6.45, 7) is 7.08. The minimum absolute atomic E-state index is 0.247. The molecule has 0 spiro atoms. The van der Waals surface area contributed by atoms with Crippen molar-refractivity contribution in [2.24, 2.45) is 0 Å². The number of aromatic nitrogens is 1. The Morgan fingerprint density at radius 2 is 1.91 bits per heavy atom. The van der Waals surface area contributed by atoms with Gasteiger partial charge in [-0.05, 0) is 6.42 Å². The monoisotopic (exact) mass is 315 g/mol. The molecular weight excluding hydrogens is 290 g/mol. The molecule has 23 heavy (non-hydrogen) atoms. The number of nitrogens with zero attached hydrogens (tertiary/aromatic N) is 3. The van der Waals surface area contributed by atoms with E-state index in [9.17, 15) is 5.11 Å². The lowest BCUT2D eigenvalue weighted by molar-refractivity contribution is 0.0577. The molecule has 1 unspecified atom stereocenters. The zero-order valence-corrected chi connectivity index (χ0v) is 13.7. The van der Waals surface area contributed by atoms with Crippen molar-refractivity contribution in [3.05, 3.63) is 42.4 Å². The molecular formula is C18H25N3O2. The van der Waals surface area contributed by atoms with E-state index in [2.05, 4.69) is 21.7 Å². The van der Waals surface area contributed by atoms with Crippen LogP contribution in [0.5, 0.6) is 0 Å². The molecule has 1 aliphatic heterocycles. The van der Waals surface area contributed by atoms with E-state index in [0.29, 0.717) is 6.04 Å². The van der Waals surface area contributed by atoms with Crippen molar-refractivity contribution in [1.82, 2.24) is 14.8 Å². The standard InChI is InChI=1S/C18H25N3O2/c1-2-16(14-22)21-10-8-20(9-11-21)13-18-19-12-17(23-18)15-6-4-3-5-7-15/h3-7,12,16,22H,2,8-11,13-14H2,1H3. The van der Waals surface area contributed by atoms with Crippen molar-refractivity contribution in [3.8, 4) is 11.3 Å². The molecule has 1 aromatic heterocycles. The summed E-state index contributed by atoms with van der Waals surface area (Å²) >= 11 is 0. The molecule has 1 fully saturated rings. The first-order valence-electron chi connectivity index (χ1n) is 8.37. The number of benzene rings is 1. The van der Waals surface area contributed by atoms with Crippen molar-refractivity contribution in [2.45, 2.75) is 25.9 Å². The fraction of sp³-hybridized carbons (Fsp3) is 0.500. The third kappa shape index (κ3) is 3.99. The third-order valence-electron chi connectivity index (χ3n) is 4.58. The Morgan fingerprint density at radius 1 is 1.17 bits per heavy atom. The van der Waals surface area contributed by atoms with Crippen LogP contribution in [0.3, 0.4) is 0 Å². The maximum Gasteiger partial charge on any atom is 0.209 e. The maximum atomic E-state index is 9.41. The Morgan fingerprint density at radius 3 is 2.57 bits per heavy atom. The van der Waals surface area contributed by atoms with Gasteiger partial charge in [0.05, 0.1) is 19.3 Å². The molecule has 0 saturated carbocycles. The van der Waals surface area contributed by atoms with Crippen LogP contribution in [0, 0.1) is 0 Å². The third-order valence-corrected chi connectivity index (χ3v) is 4.58. The molecule has 124 valence electrons. The Bertz CT molecular complexity index is 587. The fourth-order valence-electron chi connectivity index (χ4n) is 3.10. The second-order valence-corrected chi connectivity index (χ2v) is 6.04. The molecule has 0 aliphatic carbocycles. The normalized spacial score (nSPS) is 18.2. The highest BCUT2D eigenvalue weighted by Gasteiger charge is 2.23. The largest absolute Gasteiger partial charge is 0.439 e. The van der Waals surface area contributed by atoms with E-state index >= 15 is 0 Å². The number of piperazine rings is 1. The first kappa shape index (κ1) is 16.2. The molecule has 1 aliphatic rings. The number of rotatable bonds is 6. The Balaban J connectivity index is 1.54. The van der Waals surface area contributed by atoms with Gasteiger partial charge >= 0.3 is 0 Å². The quantitative estimate of drug-likeness (QED) is 0.886. The van der Waals surface area contributed by atoms with Gasteiger partial charge in [0, 0.05) is 37.8 Å². The molecule has 5 heteroatoms. The van der Waals surface area contributed by atoms with Crippen molar-refractivity contribution in [1.29, 1.82) is 0 Å². The molecule has 3 rings (SSSR count). The van der Waals surface area contributed by atoms with Crippen LogP contribution in [0.25, 0.3) is 11.3 Å². The number of aliphatic hydroxyl groups excluding tert-OH is 1. The highest BCUT2D eigenvalue weighted by atomic mass is 16.4. The summed E-state index contributed by atoms with van der Waals surface area (Å²) in [6.07, 6.45) is 2.80. The van der Waals surface area contributed by atoms with Crippen molar-refractivity contribution in [2.75, 3.05) is 32.8 Å². The summed E-state index contributed by atoms with van der Waals surface area (Å²) in [7, 11) is 0. The van der Waals surface area contributed by atoms with Gasteiger partial charge in [0.2, 0.25) is 5.89 Å². The average Bonchev–Trinajstić information content (AvgIpc) is 3.07. The minimum atomic E-state index is 0.247. The zero-order valence-electron chi connectivity index (χ0n) is 13.7. The Labute approximate surface area is 137 Å². The van der Waals surface area contributed by atoms with E-state index in [-0.39, 0.29) is 6.61 Å². The predicted octanol–water partition coefficient (Wildman–Crippen LogP) is 2.23. The first-order chi connectivity index (χ1) is 11.3. The lowest BCUT2D eigenvalue weighted by Gasteiger charge is -2.37. The van der Waals surface area contributed by atoms with E-state index in [0.717, 1.165) is 56.4 Å². The summed E-state index contributed by atoms with van der Waals surface area (Å²) < 4.78 is 5.88. The highest BCUT2D eigenvalue weighted by Crippen LogP contribution is 2.21. The summed E-state index contributed by atoms with van der Waals surface area (Å²) in [5.74, 6) is 1.59. The number of hydrogen-bond donors (Lipinski definition) is 1. The molecule has 1 atom stereocenters. The molecule has 2 aromatic rings. The fourth-order valence-corrected chi connectivity index (χ4v) is 3.10. The topological polar surface area (TPSA) is 52.7 Å². The second-order valence-electron chi connectivity index (χ2n) is 6.04. The summed E-state index contributed by atoms with van der Waals surface area (Å²) in [5, 5.41) is 9.41. The van der Waals surface area contributed by atoms with Crippen molar-refractivity contribution < 1.29 is 9.52 Å². The van der Waals surface area contributed by atoms with Crippen LogP contribution in [0.2, 0.25) is 0 Å². The smallest absolute Gasteiger partial charge is 0.209 e. The molecule has 5 nitrogen and oxygen atoms in total. The molecule has 1 saturated heterocycles. The van der Waals surface area contributed by atoms with Crippen molar-refractivity contribution >= 4 is 0 Å². The number of aliphatic hydroxyl groups is 1. The lowest BCUT2D eigenvalue weighted by atomic mass is 10.1. The minimum Gasteiger partial charge on any atom is -0.439 e. The van der Waals surface area contributed by atoms with Crippen LogP contribution < -0.4 is 0 Å².